The maximum atomic E-state index is 11.3. The van der Waals surface area contributed by atoms with E-state index in [1.807, 2.05) is 30.3 Å². The molecule has 3 rings (SSSR count). The summed E-state index contributed by atoms with van der Waals surface area (Å²) >= 11 is 1.46. The third kappa shape index (κ3) is 2.99. The van der Waals surface area contributed by atoms with Crippen molar-refractivity contribution >= 4 is 22.8 Å². The van der Waals surface area contributed by atoms with Crippen molar-refractivity contribution in [1.82, 2.24) is 4.98 Å². The topological polar surface area (TPSA) is 42.4 Å². The number of carbonyl (C=O) groups is 1. The van der Waals surface area contributed by atoms with Crippen LogP contribution in [0, 0.1) is 0 Å². The van der Waals surface area contributed by atoms with Gasteiger partial charge in [0.15, 0.2) is 11.4 Å². The van der Waals surface area contributed by atoms with Crippen LogP contribution in [0.5, 0.6) is 0 Å². The number of aldehydes is 1. The molecule has 1 saturated heterocycles. The number of nitrogens with zero attached hydrogens (tertiary/aromatic N) is 2. The Kier molecular flexibility index (Phi) is 4.31. The lowest BCUT2D eigenvalue weighted by Crippen LogP contribution is -2.39. The van der Waals surface area contributed by atoms with Crippen molar-refractivity contribution in [2.45, 2.75) is 18.9 Å². The van der Waals surface area contributed by atoms with E-state index in [2.05, 4.69) is 4.90 Å². The first-order chi connectivity index (χ1) is 10.3. The molecular formula is C16H18N2O2S. The molecule has 21 heavy (non-hydrogen) atoms. The molecule has 1 aromatic carbocycles. The highest BCUT2D eigenvalue weighted by atomic mass is 32.1. The number of rotatable bonds is 4. The van der Waals surface area contributed by atoms with Crippen molar-refractivity contribution in [2.24, 2.45) is 0 Å². The van der Waals surface area contributed by atoms with Crippen LogP contribution in [0.15, 0.2) is 30.3 Å². The largest absolute Gasteiger partial charge is 0.380 e. The fourth-order valence-corrected chi connectivity index (χ4v) is 3.58. The van der Waals surface area contributed by atoms with Crippen LogP contribution in [0.25, 0.3) is 11.3 Å². The van der Waals surface area contributed by atoms with Gasteiger partial charge in [0.25, 0.3) is 0 Å². The highest BCUT2D eigenvalue weighted by molar-refractivity contribution is 7.17. The van der Waals surface area contributed by atoms with Crippen LogP contribution in [0.4, 0.5) is 5.13 Å². The Morgan fingerprint density at radius 1 is 1.38 bits per heavy atom. The van der Waals surface area contributed by atoms with Crippen molar-refractivity contribution in [3.8, 4) is 11.3 Å². The lowest BCUT2D eigenvalue weighted by molar-refractivity contribution is 0.0893. The zero-order valence-corrected chi connectivity index (χ0v) is 12.8. The van der Waals surface area contributed by atoms with Gasteiger partial charge < -0.3 is 9.64 Å². The summed E-state index contributed by atoms with van der Waals surface area (Å²) in [7, 11) is 1.75. The van der Waals surface area contributed by atoms with Crippen LogP contribution in [0.3, 0.4) is 0 Å². The second-order valence-corrected chi connectivity index (χ2v) is 6.15. The Balaban J connectivity index is 1.91. The Morgan fingerprint density at radius 2 is 2.19 bits per heavy atom. The van der Waals surface area contributed by atoms with Gasteiger partial charge >= 0.3 is 0 Å². The Morgan fingerprint density at radius 3 is 2.90 bits per heavy atom. The first-order valence-electron chi connectivity index (χ1n) is 7.11. The second-order valence-electron chi connectivity index (χ2n) is 5.14. The summed E-state index contributed by atoms with van der Waals surface area (Å²) < 4.78 is 5.46. The lowest BCUT2D eigenvalue weighted by atomic mass is 10.1. The molecule has 1 aliphatic heterocycles. The van der Waals surface area contributed by atoms with E-state index >= 15 is 0 Å². The minimum atomic E-state index is 0.252. The number of anilines is 1. The maximum absolute atomic E-state index is 11.3. The number of carbonyl (C=O) groups excluding carboxylic acids is 1. The van der Waals surface area contributed by atoms with Crippen LogP contribution >= 0.6 is 11.3 Å². The number of hydrogen-bond acceptors (Lipinski definition) is 5. The zero-order valence-electron chi connectivity index (χ0n) is 12.0. The van der Waals surface area contributed by atoms with Gasteiger partial charge in [-0.3, -0.25) is 4.79 Å². The van der Waals surface area contributed by atoms with E-state index in [9.17, 15) is 4.79 Å². The molecule has 0 saturated carbocycles. The third-order valence-electron chi connectivity index (χ3n) is 3.78. The summed E-state index contributed by atoms with van der Waals surface area (Å²) in [5.74, 6) is 0. The fourth-order valence-electron chi connectivity index (χ4n) is 2.64. The summed E-state index contributed by atoms with van der Waals surface area (Å²) in [6.45, 7) is 1.82. The van der Waals surface area contributed by atoms with Gasteiger partial charge in [0.05, 0.1) is 16.7 Å². The molecule has 4 nitrogen and oxygen atoms in total. The van der Waals surface area contributed by atoms with E-state index in [0.29, 0.717) is 4.88 Å². The van der Waals surface area contributed by atoms with Gasteiger partial charge in [-0.05, 0) is 12.8 Å². The highest BCUT2D eigenvalue weighted by Gasteiger charge is 2.23. The van der Waals surface area contributed by atoms with E-state index < -0.39 is 0 Å². The molecule has 2 heterocycles. The van der Waals surface area contributed by atoms with Gasteiger partial charge in [-0.15, -0.1) is 0 Å². The van der Waals surface area contributed by atoms with E-state index in [-0.39, 0.29) is 6.10 Å². The molecule has 5 heteroatoms. The molecule has 0 radical (unpaired) electrons. The normalized spacial score (nSPS) is 18.7. The molecule has 0 aliphatic carbocycles. The number of thiazole rings is 1. The van der Waals surface area contributed by atoms with E-state index in [0.717, 1.165) is 48.6 Å². The minimum absolute atomic E-state index is 0.252. The molecule has 0 amide bonds. The first-order valence-corrected chi connectivity index (χ1v) is 7.92. The van der Waals surface area contributed by atoms with Crippen LogP contribution in [0.1, 0.15) is 22.5 Å². The number of aromatic nitrogens is 1. The van der Waals surface area contributed by atoms with Gasteiger partial charge in [0.2, 0.25) is 0 Å². The average Bonchev–Trinajstić information content (AvgIpc) is 3.00. The number of ether oxygens (including phenoxy) is 1. The smallest absolute Gasteiger partial charge is 0.186 e. The molecule has 1 unspecified atom stereocenters. The van der Waals surface area contributed by atoms with Crippen LogP contribution in [-0.2, 0) is 4.74 Å². The molecule has 0 bridgehead atoms. The summed E-state index contributed by atoms with van der Waals surface area (Å²) in [4.78, 5) is 19.0. The van der Waals surface area contributed by atoms with Crippen LogP contribution in [0.2, 0.25) is 0 Å². The Bertz CT molecular complexity index is 612. The second kappa shape index (κ2) is 6.37. The molecule has 0 spiro atoms. The molecular weight excluding hydrogens is 284 g/mol. The first kappa shape index (κ1) is 14.2. The molecule has 1 aliphatic rings. The minimum Gasteiger partial charge on any atom is -0.380 e. The Hall–Kier alpha value is -1.72. The van der Waals surface area contributed by atoms with Crippen LogP contribution < -0.4 is 4.90 Å². The van der Waals surface area contributed by atoms with Gasteiger partial charge in [-0.2, -0.15) is 0 Å². The fraction of sp³-hybridized carbons (Fsp3) is 0.375. The number of methoxy groups -OCH3 is 1. The molecule has 110 valence electrons. The van der Waals surface area contributed by atoms with Gasteiger partial charge in [0.1, 0.15) is 0 Å². The number of hydrogen-bond donors (Lipinski definition) is 0. The summed E-state index contributed by atoms with van der Waals surface area (Å²) in [6.07, 6.45) is 3.34. The van der Waals surface area contributed by atoms with E-state index in [1.165, 1.54) is 11.3 Å². The lowest BCUT2D eigenvalue weighted by Gasteiger charge is -2.31. The predicted octanol–water partition coefficient (Wildman–Crippen LogP) is 3.24. The predicted molar refractivity (Wildman–Crippen MR) is 85.2 cm³/mol. The summed E-state index contributed by atoms with van der Waals surface area (Å²) in [5, 5.41) is 0.915. The SMILES string of the molecule is COC1CCCN(c2nc(-c3ccccc3)c(C=O)s2)C1. The number of piperidine rings is 1. The quantitative estimate of drug-likeness (QED) is 0.813. The molecule has 1 atom stereocenters. The molecule has 1 fully saturated rings. The highest BCUT2D eigenvalue weighted by Crippen LogP contribution is 2.33. The van der Waals surface area contributed by atoms with E-state index in [4.69, 9.17) is 9.72 Å². The van der Waals surface area contributed by atoms with Crippen molar-refractivity contribution in [3.63, 3.8) is 0 Å². The third-order valence-corrected chi connectivity index (χ3v) is 4.82. The average molecular weight is 302 g/mol. The van der Waals surface area contributed by atoms with Gasteiger partial charge in [-0.1, -0.05) is 41.7 Å². The molecule has 0 N–H and O–H groups in total. The Labute approximate surface area is 128 Å². The molecule has 1 aromatic heterocycles. The van der Waals surface area contributed by atoms with Crippen molar-refractivity contribution in [2.75, 3.05) is 25.1 Å². The van der Waals surface area contributed by atoms with Gasteiger partial charge in [0, 0.05) is 25.8 Å². The monoisotopic (exact) mass is 302 g/mol. The molecule has 2 aromatic rings. The maximum Gasteiger partial charge on any atom is 0.186 e. The summed E-state index contributed by atoms with van der Waals surface area (Å²) in [6, 6.07) is 9.86. The van der Waals surface area contributed by atoms with Crippen LogP contribution in [-0.4, -0.2) is 37.6 Å². The van der Waals surface area contributed by atoms with Gasteiger partial charge in [-0.25, -0.2) is 4.98 Å². The van der Waals surface area contributed by atoms with E-state index in [1.54, 1.807) is 7.11 Å². The number of benzene rings is 1. The van der Waals surface area contributed by atoms with Crippen molar-refractivity contribution in [1.29, 1.82) is 0 Å². The standard InChI is InChI=1S/C16H18N2O2S/c1-20-13-8-5-9-18(10-13)16-17-15(14(11-19)21-16)12-6-3-2-4-7-12/h2-4,6-7,11,13H,5,8-10H2,1H3. The zero-order chi connectivity index (χ0) is 14.7. The summed E-state index contributed by atoms with van der Waals surface area (Å²) in [5.41, 5.74) is 1.77. The van der Waals surface area contributed by atoms with Crippen molar-refractivity contribution < 1.29 is 9.53 Å². The van der Waals surface area contributed by atoms with Crippen molar-refractivity contribution in [3.05, 3.63) is 35.2 Å².